The lowest BCUT2D eigenvalue weighted by Gasteiger charge is -2.30. The number of hydrogen-bond donors (Lipinski definition) is 2. The average molecular weight is 290 g/mol. The highest BCUT2D eigenvalue weighted by molar-refractivity contribution is 5.86. The highest BCUT2D eigenvalue weighted by Gasteiger charge is 2.42. The number of benzene rings is 1. The van der Waals surface area contributed by atoms with Crippen LogP contribution in [-0.2, 0) is 21.2 Å². The molecule has 0 aliphatic carbocycles. The Kier molecular flexibility index (Phi) is 5.13. The Morgan fingerprint density at radius 3 is 2.30 bits per heavy atom. The first kappa shape index (κ1) is 16.5. The third-order valence-corrected chi connectivity index (χ3v) is 3.05. The molecule has 0 saturated carbocycles. The van der Waals surface area contributed by atoms with Crippen LogP contribution in [0.1, 0.15) is 18.1 Å². The fourth-order valence-corrected chi connectivity index (χ4v) is 1.88. The molecule has 1 atom stereocenters. The van der Waals surface area contributed by atoms with Crippen LogP contribution in [0.3, 0.4) is 0 Å². The van der Waals surface area contributed by atoms with E-state index in [4.69, 9.17) is 10.5 Å². The van der Waals surface area contributed by atoms with Crippen molar-refractivity contribution >= 4 is 5.91 Å². The van der Waals surface area contributed by atoms with Gasteiger partial charge in [0.25, 0.3) is 0 Å². The van der Waals surface area contributed by atoms with E-state index >= 15 is 0 Å². The first-order chi connectivity index (χ1) is 9.23. The molecule has 112 valence electrons. The van der Waals surface area contributed by atoms with Gasteiger partial charge in [-0.25, -0.2) is 0 Å². The smallest absolute Gasteiger partial charge is 0.383 e. The third-order valence-electron chi connectivity index (χ3n) is 3.05. The van der Waals surface area contributed by atoms with Crippen molar-refractivity contribution < 1.29 is 22.7 Å². The minimum atomic E-state index is -4.56. The van der Waals surface area contributed by atoms with Crippen LogP contribution >= 0.6 is 0 Å². The van der Waals surface area contributed by atoms with E-state index in [1.807, 2.05) is 0 Å². The second-order valence-electron chi connectivity index (χ2n) is 4.45. The van der Waals surface area contributed by atoms with Crippen molar-refractivity contribution in [2.75, 3.05) is 20.3 Å². The summed E-state index contributed by atoms with van der Waals surface area (Å²) in [6.07, 6.45) is -4.56. The molecule has 0 radical (unpaired) electrons. The van der Waals surface area contributed by atoms with Crippen LogP contribution in [-0.4, -0.2) is 26.2 Å². The maximum Gasteiger partial charge on any atom is 0.416 e. The standard InChI is InChI=1S/C13H17F3N2O2/c1-12(11(17)19,18-7-8-20-2)9-5-3-4-6-10(9)13(14,15)16/h3-6,18H,7-8H2,1-2H3,(H2,17,19). The summed E-state index contributed by atoms with van der Waals surface area (Å²) < 4.78 is 43.9. The summed E-state index contributed by atoms with van der Waals surface area (Å²) in [5.74, 6) is -0.884. The number of halogens is 3. The van der Waals surface area contributed by atoms with E-state index in [-0.39, 0.29) is 18.7 Å². The Bertz CT molecular complexity index is 477. The first-order valence-electron chi connectivity index (χ1n) is 5.94. The zero-order chi connectivity index (χ0) is 15.4. The lowest BCUT2D eigenvalue weighted by molar-refractivity contribution is -0.139. The molecule has 0 heterocycles. The summed E-state index contributed by atoms with van der Waals surface area (Å²) in [6, 6.07) is 4.87. The predicted molar refractivity (Wildman–Crippen MR) is 67.9 cm³/mol. The first-order valence-corrected chi connectivity index (χ1v) is 5.94. The Morgan fingerprint density at radius 2 is 1.85 bits per heavy atom. The minimum Gasteiger partial charge on any atom is -0.383 e. The monoisotopic (exact) mass is 290 g/mol. The van der Waals surface area contributed by atoms with Crippen LogP contribution in [0.5, 0.6) is 0 Å². The summed E-state index contributed by atoms with van der Waals surface area (Å²) in [4.78, 5) is 11.6. The fraction of sp³-hybridized carbons (Fsp3) is 0.462. The van der Waals surface area contributed by atoms with Gasteiger partial charge in [0, 0.05) is 13.7 Å². The normalized spacial score (nSPS) is 14.8. The van der Waals surface area contributed by atoms with Crippen LogP contribution in [0.2, 0.25) is 0 Å². The molecule has 1 rings (SSSR count). The van der Waals surface area contributed by atoms with E-state index in [2.05, 4.69) is 5.32 Å². The van der Waals surface area contributed by atoms with E-state index in [0.717, 1.165) is 6.07 Å². The maximum atomic E-state index is 13.0. The Hall–Kier alpha value is -1.60. The second kappa shape index (κ2) is 6.23. The number of primary amides is 1. The molecule has 7 heteroatoms. The number of methoxy groups -OCH3 is 1. The van der Waals surface area contributed by atoms with E-state index in [1.54, 1.807) is 0 Å². The molecule has 4 nitrogen and oxygen atoms in total. The molecular weight excluding hydrogens is 273 g/mol. The van der Waals surface area contributed by atoms with E-state index in [9.17, 15) is 18.0 Å². The Labute approximate surface area is 115 Å². The van der Waals surface area contributed by atoms with Crippen LogP contribution in [0.4, 0.5) is 13.2 Å². The quantitative estimate of drug-likeness (QED) is 0.783. The zero-order valence-corrected chi connectivity index (χ0v) is 11.3. The lowest BCUT2D eigenvalue weighted by Crippen LogP contribution is -2.52. The topological polar surface area (TPSA) is 64.3 Å². The number of nitrogens with two attached hydrogens (primary N) is 1. The number of carbonyl (C=O) groups is 1. The summed E-state index contributed by atoms with van der Waals surface area (Å²) in [5, 5.41) is 2.73. The van der Waals surface area contributed by atoms with Gasteiger partial charge in [0.2, 0.25) is 5.91 Å². The van der Waals surface area contributed by atoms with Gasteiger partial charge in [0.05, 0.1) is 12.2 Å². The van der Waals surface area contributed by atoms with Crippen molar-refractivity contribution in [3.8, 4) is 0 Å². The summed E-state index contributed by atoms with van der Waals surface area (Å²) in [5.41, 5.74) is 2.59. The van der Waals surface area contributed by atoms with Crippen LogP contribution in [0.25, 0.3) is 0 Å². The molecule has 0 spiro atoms. The number of ether oxygens (including phenoxy) is 1. The van der Waals surface area contributed by atoms with Crippen molar-refractivity contribution in [2.24, 2.45) is 5.73 Å². The van der Waals surface area contributed by atoms with Crippen LogP contribution < -0.4 is 11.1 Å². The highest BCUT2D eigenvalue weighted by atomic mass is 19.4. The number of hydrogen-bond acceptors (Lipinski definition) is 3. The fourth-order valence-electron chi connectivity index (χ4n) is 1.88. The number of nitrogens with one attached hydrogen (secondary N) is 1. The Morgan fingerprint density at radius 1 is 1.30 bits per heavy atom. The molecule has 0 aliphatic heterocycles. The summed E-state index contributed by atoms with van der Waals surface area (Å²) in [7, 11) is 1.45. The predicted octanol–water partition coefficient (Wildman–Crippen LogP) is 1.64. The molecule has 1 aromatic rings. The second-order valence-corrected chi connectivity index (χ2v) is 4.45. The molecule has 20 heavy (non-hydrogen) atoms. The van der Waals surface area contributed by atoms with Gasteiger partial charge in [-0.15, -0.1) is 0 Å². The van der Waals surface area contributed by atoms with E-state index in [1.165, 1.54) is 32.2 Å². The summed E-state index contributed by atoms with van der Waals surface area (Å²) in [6.45, 7) is 1.77. The van der Waals surface area contributed by atoms with Gasteiger partial charge in [0.1, 0.15) is 5.54 Å². The third kappa shape index (κ3) is 3.49. The molecule has 0 bridgehead atoms. The molecule has 3 N–H and O–H groups in total. The van der Waals surface area contributed by atoms with Gasteiger partial charge < -0.3 is 10.5 Å². The van der Waals surface area contributed by atoms with Crippen molar-refractivity contribution in [2.45, 2.75) is 18.6 Å². The lowest BCUT2D eigenvalue weighted by atomic mass is 9.87. The molecule has 0 aliphatic rings. The molecule has 0 saturated heterocycles. The van der Waals surface area contributed by atoms with E-state index < -0.39 is 23.2 Å². The maximum absolute atomic E-state index is 13.0. The number of rotatable bonds is 6. The van der Waals surface area contributed by atoms with Crippen molar-refractivity contribution in [3.63, 3.8) is 0 Å². The van der Waals surface area contributed by atoms with Gasteiger partial charge in [-0.1, -0.05) is 18.2 Å². The van der Waals surface area contributed by atoms with Crippen molar-refractivity contribution in [1.29, 1.82) is 0 Å². The molecule has 0 aromatic heterocycles. The van der Waals surface area contributed by atoms with Crippen molar-refractivity contribution in [3.05, 3.63) is 35.4 Å². The molecule has 1 aromatic carbocycles. The van der Waals surface area contributed by atoms with Gasteiger partial charge in [-0.3, -0.25) is 10.1 Å². The molecule has 1 amide bonds. The van der Waals surface area contributed by atoms with Gasteiger partial charge in [-0.05, 0) is 18.6 Å². The minimum absolute atomic E-state index is 0.197. The van der Waals surface area contributed by atoms with E-state index in [0.29, 0.717) is 0 Å². The Balaban J connectivity index is 3.25. The SMILES string of the molecule is COCCNC(C)(C(N)=O)c1ccccc1C(F)(F)F. The highest BCUT2D eigenvalue weighted by Crippen LogP contribution is 2.36. The average Bonchev–Trinajstić information content (AvgIpc) is 2.37. The zero-order valence-electron chi connectivity index (χ0n) is 11.3. The van der Waals surface area contributed by atoms with Crippen LogP contribution in [0.15, 0.2) is 24.3 Å². The van der Waals surface area contributed by atoms with Gasteiger partial charge >= 0.3 is 6.18 Å². The molecule has 0 fully saturated rings. The van der Waals surface area contributed by atoms with Crippen LogP contribution in [0, 0.1) is 0 Å². The van der Waals surface area contributed by atoms with Crippen molar-refractivity contribution in [1.82, 2.24) is 5.32 Å². The number of alkyl halides is 3. The largest absolute Gasteiger partial charge is 0.416 e. The summed E-state index contributed by atoms with van der Waals surface area (Å²) >= 11 is 0. The molecule has 1 unspecified atom stereocenters. The number of carbonyl (C=O) groups excluding carboxylic acids is 1. The van der Waals surface area contributed by atoms with Gasteiger partial charge in [0.15, 0.2) is 0 Å². The van der Waals surface area contributed by atoms with Gasteiger partial charge in [-0.2, -0.15) is 13.2 Å². The molecular formula is C13H17F3N2O2. The number of amides is 1.